The maximum atomic E-state index is 12.9. The molecule has 0 aromatic heterocycles. The van der Waals surface area contributed by atoms with Crippen LogP contribution in [0.1, 0.15) is 52.4 Å². The Morgan fingerprint density at radius 3 is 1.84 bits per heavy atom. The summed E-state index contributed by atoms with van der Waals surface area (Å²) in [5.41, 5.74) is 21.1. The second-order valence-electron chi connectivity index (χ2n) is 8.81. The van der Waals surface area contributed by atoms with E-state index >= 15 is 0 Å². The maximum Gasteiger partial charge on any atom is 0.326 e. The van der Waals surface area contributed by atoms with Gasteiger partial charge in [-0.3, -0.25) is 29.0 Å². The summed E-state index contributed by atoms with van der Waals surface area (Å²) in [4.78, 5) is 75.5. The topological polar surface area (TPSA) is 295 Å². The van der Waals surface area contributed by atoms with Gasteiger partial charge in [0.1, 0.15) is 18.1 Å². The molecule has 16 heteroatoms. The maximum absolute atomic E-state index is 12.9. The highest BCUT2D eigenvalue weighted by molar-refractivity contribution is 5.95. The monoisotopic (exact) mass is 530 g/mol. The van der Waals surface area contributed by atoms with E-state index in [2.05, 4.69) is 20.9 Å². The van der Waals surface area contributed by atoms with Crippen molar-refractivity contribution in [3.8, 4) is 0 Å². The van der Waals surface area contributed by atoms with Gasteiger partial charge in [0.2, 0.25) is 23.6 Å². The van der Waals surface area contributed by atoms with E-state index in [0.29, 0.717) is 0 Å². The van der Waals surface area contributed by atoms with Crippen LogP contribution < -0.4 is 38.9 Å². The molecule has 13 N–H and O–H groups in total. The smallest absolute Gasteiger partial charge is 0.326 e. The zero-order chi connectivity index (χ0) is 28.7. The van der Waals surface area contributed by atoms with Crippen LogP contribution in [0.15, 0.2) is 4.99 Å². The quantitative estimate of drug-likeness (QED) is 0.0480. The molecule has 16 nitrogen and oxygen atoms in total. The molecule has 37 heavy (non-hydrogen) atoms. The molecule has 0 heterocycles. The van der Waals surface area contributed by atoms with Crippen molar-refractivity contribution in [3.05, 3.63) is 0 Å². The summed E-state index contributed by atoms with van der Waals surface area (Å²) in [6, 6.07) is -5.36. The van der Waals surface area contributed by atoms with Gasteiger partial charge in [-0.15, -0.1) is 0 Å². The normalized spacial score (nSPS) is 13.9. The molecule has 0 saturated carbocycles. The van der Waals surface area contributed by atoms with Crippen LogP contribution in [0.5, 0.6) is 0 Å². The highest BCUT2D eigenvalue weighted by Gasteiger charge is 2.31. The fraction of sp³-hybridized carbons (Fsp3) is 0.667. The van der Waals surface area contributed by atoms with Gasteiger partial charge in [0.25, 0.3) is 0 Å². The van der Waals surface area contributed by atoms with Gasteiger partial charge < -0.3 is 49.1 Å². The average Bonchev–Trinajstić information content (AvgIpc) is 2.77. The van der Waals surface area contributed by atoms with Crippen LogP contribution in [0.3, 0.4) is 0 Å². The lowest BCUT2D eigenvalue weighted by Crippen LogP contribution is -2.57. The molecule has 0 aliphatic heterocycles. The van der Waals surface area contributed by atoms with Gasteiger partial charge in [0, 0.05) is 13.0 Å². The third-order valence-electron chi connectivity index (χ3n) is 4.95. The SMILES string of the molecule is CC(C)CC(NC(=O)C(CC(=O)O)NC(=O)C(N)CCC(N)=O)C(=O)NC(CCCN=C(N)N)C(=O)O. The van der Waals surface area contributed by atoms with Crippen molar-refractivity contribution in [2.24, 2.45) is 33.8 Å². The minimum Gasteiger partial charge on any atom is -0.481 e. The molecule has 0 aromatic rings. The molecule has 0 rings (SSSR count). The molecule has 0 fully saturated rings. The number of hydrogen-bond acceptors (Lipinski definition) is 8. The molecule has 0 spiro atoms. The second-order valence-corrected chi connectivity index (χ2v) is 8.81. The number of primary amides is 1. The van der Waals surface area contributed by atoms with Gasteiger partial charge in [0.05, 0.1) is 12.5 Å². The number of carbonyl (C=O) groups is 6. The van der Waals surface area contributed by atoms with Crippen LogP contribution in [0.25, 0.3) is 0 Å². The van der Waals surface area contributed by atoms with Crippen molar-refractivity contribution in [1.29, 1.82) is 0 Å². The van der Waals surface area contributed by atoms with Crippen LogP contribution in [-0.4, -0.2) is 82.5 Å². The Morgan fingerprint density at radius 2 is 1.35 bits per heavy atom. The van der Waals surface area contributed by atoms with Gasteiger partial charge in [-0.05, 0) is 31.6 Å². The number of guanidine groups is 1. The summed E-state index contributed by atoms with van der Waals surface area (Å²) in [5, 5.41) is 25.6. The molecule has 0 saturated heterocycles. The summed E-state index contributed by atoms with van der Waals surface area (Å²) in [5.74, 6) is -6.39. The lowest BCUT2D eigenvalue weighted by atomic mass is 10.0. The van der Waals surface area contributed by atoms with E-state index in [4.69, 9.17) is 22.9 Å². The van der Waals surface area contributed by atoms with Crippen LogP contribution in [0.2, 0.25) is 0 Å². The predicted molar refractivity (Wildman–Crippen MR) is 131 cm³/mol. The van der Waals surface area contributed by atoms with Crippen LogP contribution in [0.4, 0.5) is 0 Å². The first-order valence-electron chi connectivity index (χ1n) is 11.6. The Morgan fingerprint density at radius 1 is 0.811 bits per heavy atom. The van der Waals surface area contributed by atoms with Crippen molar-refractivity contribution >= 4 is 41.5 Å². The summed E-state index contributed by atoms with van der Waals surface area (Å²) < 4.78 is 0. The number of nitrogens with one attached hydrogen (secondary N) is 3. The molecule has 0 radical (unpaired) electrons. The number of aliphatic imine (C=N–C) groups is 1. The number of amides is 4. The highest BCUT2D eigenvalue weighted by Crippen LogP contribution is 2.08. The molecule has 4 unspecified atom stereocenters. The van der Waals surface area contributed by atoms with E-state index in [1.807, 2.05) is 0 Å². The fourth-order valence-corrected chi connectivity index (χ4v) is 3.10. The number of nitrogens with zero attached hydrogens (tertiary/aromatic N) is 1. The number of aliphatic carboxylic acids is 2. The third-order valence-corrected chi connectivity index (χ3v) is 4.95. The Labute approximate surface area is 214 Å². The third kappa shape index (κ3) is 14.9. The van der Waals surface area contributed by atoms with Crippen molar-refractivity contribution in [2.75, 3.05) is 6.54 Å². The summed E-state index contributed by atoms with van der Waals surface area (Å²) in [6.07, 6.45) is -0.805. The minimum atomic E-state index is -1.60. The largest absolute Gasteiger partial charge is 0.481 e. The first-order valence-corrected chi connectivity index (χ1v) is 11.6. The van der Waals surface area contributed by atoms with Gasteiger partial charge in [-0.25, -0.2) is 4.79 Å². The zero-order valence-corrected chi connectivity index (χ0v) is 20.9. The number of carboxylic acids is 2. The van der Waals surface area contributed by atoms with E-state index in [1.54, 1.807) is 13.8 Å². The molecule has 0 aliphatic carbocycles. The fourth-order valence-electron chi connectivity index (χ4n) is 3.10. The second kappa shape index (κ2) is 16.7. The Bertz CT molecular complexity index is 859. The molecule has 4 atom stereocenters. The van der Waals surface area contributed by atoms with Gasteiger partial charge in [-0.2, -0.15) is 0 Å². The first-order chi connectivity index (χ1) is 17.1. The molecule has 0 bridgehead atoms. The predicted octanol–water partition coefficient (Wildman–Crippen LogP) is -3.31. The number of carboxylic acid groups (broad SMARTS) is 2. The average molecular weight is 531 g/mol. The van der Waals surface area contributed by atoms with E-state index < -0.39 is 66.2 Å². The number of nitrogens with two attached hydrogens (primary N) is 4. The van der Waals surface area contributed by atoms with E-state index in [9.17, 15) is 39.0 Å². The zero-order valence-electron chi connectivity index (χ0n) is 20.9. The van der Waals surface area contributed by atoms with Crippen molar-refractivity contribution in [3.63, 3.8) is 0 Å². The van der Waals surface area contributed by atoms with Gasteiger partial charge in [-0.1, -0.05) is 13.8 Å². The van der Waals surface area contributed by atoms with Gasteiger partial charge >= 0.3 is 11.9 Å². The number of rotatable bonds is 18. The highest BCUT2D eigenvalue weighted by atomic mass is 16.4. The Hall–Kier alpha value is -3.95. The van der Waals surface area contributed by atoms with E-state index in [0.717, 1.165) is 0 Å². The van der Waals surface area contributed by atoms with E-state index in [1.165, 1.54) is 0 Å². The lowest BCUT2D eigenvalue weighted by Gasteiger charge is -2.25. The van der Waals surface area contributed by atoms with Gasteiger partial charge in [0.15, 0.2) is 5.96 Å². The molecule has 210 valence electrons. The first kappa shape index (κ1) is 33.0. The standard InChI is InChI=1S/C21H38N8O8/c1-10(2)8-13(18(34)27-12(20(36)37)4-3-7-26-21(24)25)29-19(35)14(9-16(31)32)28-17(33)11(22)5-6-15(23)30/h10-14H,3-9,22H2,1-2H3,(H2,23,30)(H,27,34)(H,28,33)(H,29,35)(H,31,32)(H,36,37)(H4,24,25,26). The molecule has 0 aromatic carbocycles. The lowest BCUT2D eigenvalue weighted by molar-refractivity contribution is -0.143. The molecule has 4 amide bonds. The Balaban J connectivity index is 5.48. The summed E-state index contributed by atoms with van der Waals surface area (Å²) in [7, 11) is 0. The molecular weight excluding hydrogens is 492 g/mol. The van der Waals surface area contributed by atoms with Crippen LogP contribution in [0, 0.1) is 5.92 Å². The Kier molecular flexibility index (Phi) is 14.9. The summed E-state index contributed by atoms with van der Waals surface area (Å²) in [6.45, 7) is 3.65. The molecular formula is C21H38N8O8. The number of hydrogen-bond donors (Lipinski definition) is 9. The van der Waals surface area contributed by atoms with Crippen molar-refractivity contribution in [1.82, 2.24) is 16.0 Å². The minimum absolute atomic E-state index is 0.00108. The van der Waals surface area contributed by atoms with Crippen molar-refractivity contribution < 1.29 is 39.0 Å². The van der Waals surface area contributed by atoms with Crippen LogP contribution in [-0.2, 0) is 28.8 Å². The molecule has 0 aliphatic rings. The summed E-state index contributed by atoms with van der Waals surface area (Å²) >= 11 is 0. The van der Waals surface area contributed by atoms with E-state index in [-0.39, 0.29) is 50.5 Å². The van der Waals surface area contributed by atoms with Crippen LogP contribution >= 0.6 is 0 Å². The van der Waals surface area contributed by atoms with Crippen molar-refractivity contribution in [2.45, 2.75) is 76.5 Å². The number of carbonyl (C=O) groups excluding carboxylic acids is 4.